The first kappa shape index (κ1) is 18.8. The third-order valence-electron chi connectivity index (χ3n) is 4.07. The number of fused-ring (bicyclic) bond motifs is 1. The monoisotopic (exact) mass is 366 g/mol. The zero-order chi connectivity index (χ0) is 19.0. The van der Waals surface area contributed by atoms with Crippen molar-refractivity contribution in [3.8, 4) is 0 Å². The molecule has 0 radical (unpaired) electrons. The molecule has 3 rings (SSSR count). The molecular formula is C16H26N6O4. The van der Waals surface area contributed by atoms with E-state index in [-0.39, 0.29) is 24.0 Å². The average Bonchev–Trinajstić information content (AvgIpc) is 3.08. The van der Waals surface area contributed by atoms with Crippen LogP contribution < -0.4 is 11.5 Å². The molecule has 2 aromatic rings. The predicted octanol–water partition coefficient (Wildman–Crippen LogP) is 0.468. The maximum absolute atomic E-state index is 10.8. The van der Waals surface area contributed by atoms with Crippen molar-refractivity contribution in [1.29, 1.82) is 0 Å². The fourth-order valence-electron chi connectivity index (χ4n) is 3.00. The minimum absolute atomic E-state index is 0.0268. The van der Waals surface area contributed by atoms with Crippen LogP contribution in [0.25, 0.3) is 11.2 Å². The molecule has 0 bridgehead atoms. The predicted molar refractivity (Wildman–Crippen MR) is 95.2 cm³/mol. The normalized spacial score (nSPS) is 26.4. The Labute approximate surface area is 151 Å². The van der Waals surface area contributed by atoms with Gasteiger partial charge in [0.05, 0.1) is 25.1 Å². The summed E-state index contributed by atoms with van der Waals surface area (Å²) in [7, 11) is 0. The van der Waals surface area contributed by atoms with Gasteiger partial charge < -0.3 is 30.8 Å². The molecule has 26 heavy (non-hydrogen) atoms. The van der Waals surface area contributed by atoms with Crippen LogP contribution in [0.1, 0.15) is 33.9 Å². The van der Waals surface area contributed by atoms with E-state index in [4.69, 9.17) is 25.7 Å². The van der Waals surface area contributed by atoms with Crippen LogP contribution >= 0.6 is 0 Å². The minimum atomic E-state index is -0.937. The Morgan fingerprint density at radius 3 is 2.62 bits per heavy atom. The van der Waals surface area contributed by atoms with Crippen molar-refractivity contribution >= 4 is 22.9 Å². The van der Waals surface area contributed by atoms with Crippen LogP contribution in [0.5, 0.6) is 0 Å². The Kier molecular flexibility index (Phi) is 5.28. The molecule has 1 aliphatic rings. The lowest BCUT2D eigenvalue weighted by atomic mass is 10.1. The van der Waals surface area contributed by atoms with Crippen molar-refractivity contribution in [2.45, 2.75) is 64.4 Å². The highest BCUT2D eigenvalue weighted by atomic mass is 16.6. The zero-order valence-electron chi connectivity index (χ0n) is 15.4. The highest BCUT2D eigenvalue weighted by molar-refractivity contribution is 5.82. The van der Waals surface area contributed by atoms with Gasteiger partial charge in [-0.2, -0.15) is 9.97 Å². The third kappa shape index (κ3) is 3.58. The van der Waals surface area contributed by atoms with Crippen molar-refractivity contribution in [2.75, 3.05) is 18.1 Å². The lowest BCUT2D eigenvalue weighted by Gasteiger charge is -2.23. The summed E-state index contributed by atoms with van der Waals surface area (Å²) in [6.45, 7) is 7.98. The summed E-state index contributed by atoms with van der Waals surface area (Å²) in [5.41, 5.74) is 12.3. The van der Waals surface area contributed by atoms with Gasteiger partial charge in [-0.05, 0) is 27.7 Å². The average molecular weight is 366 g/mol. The van der Waals surface area contributed by atoms with E-state index < -0.39 is 24.5 Å². The number of nitrogens with two attached hydrogens (primary N) is 2. The SMILES string of the molecule is CC(C)OC[C@H]1O[C@@H](n2cnc3c(N)nc(N)nc32)C(O)[C@H]1OC(C)C. The maximum Gasteiger partial charge on any atom is 0.224 e. The van der Waals surface area contributed by atoms with E-state index in [1.807, 2.05) is 27.7 Å². The first-order chi connectivity index (χ1) is 12.3. The van der Waals surface area contributed by atoms with Gasteiger partial charge in [-0.1, -0.05) is 0 Å². The molecule has 4 atom stereocenters. The van der Waals surface area contributed by atoms with Gasteiger partial charge in [-0.3, -0.25) is 4.57 Å². The van der Waals surface area contributed by atoms with Gasteiger partial charge in [0.2, 0.25) is 5.95 Å². The van der Waals surface area contributed by atoms with Crippen LogP contribution in [0, 0.1) is 0 Å². The topological polar surface area (TPSA) is 144 Å². The van der Waals surface area contributed by atoms with Crippen LogP contribution in [0.15, 0.2) is 6.33 Å². The summed E-state index contributed by atoms with van der Waals surface area (Å²) >= 11 is 0. The Hall–Kier alpha value is -2.01. The number of nitrogen functional groups attached to an aromatic ring is 2. The summed E-state index contributed by atoms with van der Waals surface area (Å²) in [5.74, 6) is 0.201. The minimum Gasteiger partial charge on any atom is -0.386 e. The largest absolute Gasteiger partial charge is 0.386 e. The molecule has 10 heteroatoms. The van der Waals surface area contributed by atoms with Gasteiger partial charge in [0.25, 0.3) is 0 Å². The summed E-state index contributed by atoms with van der Waals surface area (Å²) in [4.78, 5) is 12.3. The second-order valence-electron chi connectivity index (χ2n) is 6.88. The Morgan fingerprint density at radius 2 is 1.96 bits per heavy atom. The van der Waals surface area contributed by atoms with E-state index in [0.29, 0.717) is 17.8 Å². The zero-order valence-corrected chi connectivity index (χ0v) is 15.4. The van der Waals surface area contributed by atoms with E-state index >= 15 is 0 Å². The molecule has 1 aliphatic heterocycles. The molecule has 1 unspecified atom stereocenters. The second-order valence-corrected chi connectivity index (χ2v) is 6.88. The van der Waals surface area contributed by atoms with E-state index in [1.54, 1.807) is 4.57 Å². The van der Waals surface area contributed by atoms with Gasteiger partial charge >= 0.3 is 0 Å². The Bertz CT molecular complexity index is 765. The number of nitrogens with zero attached hydrogens (tertiary/aromatic N) is 4. The number of imidazole rings is 1. The van der Waals surface area contributed by atoms with Crippen molar-refractivity contribution in [2.24, 2.45) is 0 Å². The van der Waals surface area contributed by atoms with Crippen LogP contribution in [0.4, 0.5) is 11.8 Å². The maximum atomic E-state index is 10.8. The first-order valence-electron chi connectivity index (χ1n) is 8.64. The Morgan fingerprint density at radius 1 is 1.23 bits per heavy atom. The fourth-order valence-corrected chi connectivity index (χ4v) is 3.00. The molecule has 0 aromatic carbocycles. The van der Waals surface area contributed by atoms with Gasteiger partial charge in [0.15, 0.2) is 17.7 Å². The number of aromatic nitrogens is 4. The molecule has 1 fully saturated rings. The van der Waals surface area contributed by atoms with Crippen LogP contribution in [0.3, 0.4) is 0 Å². The molecule has 1 saturated heterocycles. The molecule has 144 valence electrons. The number of hydrogen-bond acceptors (Lipinski definition) is 9. The molecule has 10 nitrogen and oxygen atoms in total. The summed E-state index contributed by atoms with van der Waals surface area (Å²) in [5, 5.41) is 10.8. The number of anilines is 2. The molecule has 0 spiro atoms. The van der Waals surface area contributed by atoms with Gasteiger partial charge in [-0.15, -0.1) is 0 Å². The van der Waals surface area contributed by atoms with Crippen molar-refractivity contribution in [1.82, 2.24) is 19.5 Å². The standard InChI is InChI=1S/C16H26N6O4/c1-7(2)24-5-9-12(25-8(3)4)11(23)15(26-9)22-6-19-10-13(17)20-16(18)21-14(10)22/h6-9,11-12,15,23H,5H2,1-4H3,(H4,17,18,20,21)/t9-,11?,12+,15-/m1/s1. The van der Waals surface area contributed by atoms with Crippen LogP contribution in [-0.2, 0) is 14.2 Å². The van der Waals surface area contributed by atoms with E-state index in [2.05, 4.69) is 15.0 Å². The number of aliphatic hydroxyl groups excluding tert-OH is 1. The van der Waals surface area contributed by atoms with Crippen molar-refractivity contribution in [3.05, 3.63) is 6.33 Å². The third-order valence-corrected chi connectivity index (χ3v) is 4.07. The summed E-state index contributed by atoms with van der Waals surface area (Å²) in [6.07, 6.45) is -1.21. The number of hydrogen-bond donors (Lipinski definition) is 3. The highest BCUT2D eigenvalue weighted by Gasteiger charge is 2.46. The molecule has 0 aliphatic carbocycles. The number of aliphatic hydroxyl groups is 1. The number of rotatable bonds is 6. The Balaban J connectivity index is 1.92. The lowest BCUT2D eigenvalue weighted by molar-refractivity contribution is -0.0973. The molecule has 0 amide bonds. The lowest BCUT2D eigenvalue weighted by Crippen LogP contribution is -2.38. The first-order valence-corrected chi connectivity index (χ1v) is 8.64. The number of ether oxygens (including phenoxy) is 3. The van der Waals surface area contributed by atoms with E-state index in [1.165, 1.54) is 6.33 Å². The fraction of sp³-hybridized carbons (Fsp3) is 0.688. The van der Waals surface area contributed by atoms with Gasteiger partial charge in [-0.25, -0.2) is 4.98 Å². The summed E-state index contributed by atoms with van der Waals surface area (Å²) in [6, 6.07) is 0. The highest BCUT2D eigenvalue weighted by Crippen LogP contribution is 2.34. The van der Waals surface area contributed by atoms with Crippen LogP contribution in [0.2, 0.25) is 0 Å². The molecule has 2 aromatic heterocycles. The second kappa shape index (κ2) is 7.31. The van der Waals surface area contributed by atoms with Gasteiger partial charge in [0, 0.05) is 0 Å². The quantitative estimate of drug-likeness (QED) is 0.664. The smallest absolute Gasteiger partial charge is 0.224 e. The van der Waals surface area contributed by atoms with Crippen molar-refractivity contribution < 1.29 is 19.3 Å². The molecule has 5 N–H and O–H groups in total. The molecule has 0 saturated carbocycles. The van der Waals surface area contributed by atoms with E-state index in [0.717, 1.165) is 0 Å². The summed E-state index contributed by atoms with van der Waals surface area (Å²) < 4.78 is 19.2. The van der Waals surface area contributed by atoms with Gasteiger partial charge in [0.1, 0.15) is 23.8 Å². The van der Waals surface area contributed by atoms with Crippen molar-refractivity contribution in [3.63, 3.8) is 0 Å². The van der Waals surface area contributed by atoms with Crippen LogP contribution in [-0.4, -0.2) is 61.8 Å². The molecule has 3 heterocycles. The van der Waals surface area contributed by atoms with E-state index in [9.17, 15) is 5.11 Å². The molecular weight excluding hydrogens is 340 g/mol.